The summed E-state index contributed by atoms with van der Waals surface area (Å²) in [6.45, 7) is 9.28. The second-order valence-corrected chi connectivity index (χ2v) is 9.33. The number of carbonyl (C=O) groups excluding carboxylic acids is 1. The number of carbonyl (C=O) groups is 1. The van der Waals surface area contributed by atoms with Crippen LogP contribution in [0.4, 0.5) is 4.79 Å². The lowest BCUT2D eigenvalue weighted by molar-refractivity contribution is 0.161. The Labute approximate surface area is 196 Å². The molecular formula is C25H35N5O3. The number of nitrogens with zero attached hydrogens (tertiary/aromatic N) is 4. The molecule has 8 nitrogen and oxygen atoms in total. The first-order valence-electron chi connectivity index (χ1n) is 11.8. The summed E-state index contributed by atoms with van der Waals surface area (Å²) in [5.74, 6) is 0.509. The topological polar surface area (TPSA) is 79.8 Å². The monoisotopic (exact) mass is 453 g/mol. The van der Waals surface area contributed by atoms with E-state index in [1.165, 1.54) is 0 Å². The molecule has 0 unspecified atom stereocenters. The van der Waals surface area contributed by atoms with Gasteiger partial charge in [-0.05, 0) is 32.3 Å². The zero-order valence-electron chi connectivity index (χ0n) is 19.9. The summed E-state index contributed by atoms with van der Waals surface area (Å²) < 4.78 is 10.6. The smallest absolute Gasteiger partial charge is 0.318 e. The maximum atomic E-state index is 13.1. The molecule has 1 aromatic heterocycles. The molecule has 0 spiro atoms. The van der Waals surface area contributed by atoms with Gasteiger partial charge in [-0.25, -0.2) is 14.8 Å². The van der Waals surface area contributed by atoms with Crippen molar-refractivity contribution in [1.29, 1.82) is 0 Å². The van der Waals surface area contributed by atoms with E-state index in [4.69, 9.17) is 9.47 Å². The molecule has 0 radical (unpaired) electrons. The Morgan fingerprint density at radius 3 is 2.48 bits per heavy atom. The van der Waals surface area contributed by atoms with Crippen LogP contribution in [-0.4, -0.2) is 78.3 Å². The second kappa shape index (κ2) is 10.5. The van der Waals surface area contributed by atoms with E-state index in [0.29, 0.717) is 25.1 Å². The molecule has 2 amide bonds. The molecule has 0 atom stereocenters. The molecule has 8 heteroatoms. The summed E-state index contributed by atoms with van der Waals surface area (Å²) in [5.41, 5.74) is 2.32. The van der Waals surface area contributed by atoms with Gasteiger partial charge in [0, 0.05) is 57.9 Å². The van der Waals surface area contributed by atoms with Gasteiger partial charge in [-0.15, -0.1) is 0 Å². The van der Waals surface area contributed by atoms with E-state index in [-0.39, 0.29) is 6.03 Å². The van der Waals surface area contributed by atoms with Gasteiger partial charge < -0.3 is 24.6 Å². The molecule has 1 N–H and O–H groups in total. The highest BCUT2D eigenvalue weighted by molar-refractivity contribution is 5.76. The number of piperidine rings is 1. The van der Waals surface area contributed by atoms with Crippen LogP contribution in [0.25, 0.3) is 11.3 Å². The molecular weight excluding hydrogens is 418 g/mol. The number of urea groups is 1. The normalized spacial score (nSPS) is 20.4. The fraction of sp³-hybridized carbons (Fsp3) is 0.560. The maximum Gasteiger partial charge on any atom is 0.318 e. The molecule has 5 rings (SSSR count). The van der Waals surface area contributed by atoms with E-state index < -0.39 is 5.54 Å². The Bertz CT molecular complexity index is 909. The third-order valence-corrected chi connectivity index (χ3v) is 6.61. The van der Waals surface area contributed by atoms with Gasteiger partial charge in [0.15, 0.2) is 0 Å². The van der Waals surface area contributed by atoms with Crippen molar-refractivity contribution in [3.63, 3.8) is 0 Å². The van der Waals surface area contributed by atoms with Crippen molar-refractivity contribution < 1.29 is 14.3 Å². The van der Waals surface area contributed by atoms with E-state index in [2.05, 4.69) is 20.2 Å². The number of hydrogen-bond acceptors (Lipinski definition) is 6. The van der Waals surface area contributed by atoms with Gasteiger partial charge in [0.05, 0.1) is 30.2 Å². The van der Waals surface area contributed by atoms with E-state index in [0.717, 1.165) is 62.3 Å². The van der Waals surface area contributed by atoms with Crippen molar-refractivity contribution in [3.8, 4) is 17.1 Å². The minimum atomic E-state index is -0.480. The molecule has 3 aliphatic heterocycles. The molecule has 2 aromatic rings. The van der Waals surface area contributed by atoms with Crippen molar-refractivity contribution >= 4 is 6.03 Å². The zero-order chi connectivity index (χ0) is 23.3. The minimum absolute atomic E-state index is 0.0322. The predicted molar refractivity (Wildman–Crippen MR) is 127 cm³/mol. The van der Waals surface area contributed by atoms with Crippen LogP contribution in [0.5, 0.6) is 5.88 Å². The highest BCUT2D eigenvalue weighted by Crippen LogP contribution is 2.26. The number of ether oxygens (including phenoxy) is 2. The lowest BCUT2D eigenvalue weighted by atomic mass is 9.93. The van der Waals surface area contributed by atoms with Crippen molar-refractivity contribution in [1.82, 2.24) is 25.1 Å². The van der Waals surface area contributed by atoms with Crippen molar-refractivity contribution in [2.24, 2.45) is 0 Å². The van der Waals surface area contributed by atoms with Gasteiger partial charge >= 0.3 is 6.03 Å². The van der Waals surface area contributed by atoms with Crippen molar-refractivity contribution in [2.45, 2.75) is 44.7 Å². The van der Waals surface area contributed by atoms with E-state index in [1.807, 2.05) is 43.0 Å². The fourth-order valence-corrected chi connectivity index (χ4v) is 4.54. The van der Waals surface area contributed by atoms with Gasteiger partial charge in [0.1, 0.15) is 0 Å². The Kier molecular flexibility index (Phi) is 7.45. The number of nitrogens with one attached hydrogen (secondary N) is 1. The van der Waals surface area contributed by atoms with Crippen LogP contribution >= 0.6 is 0 Å². The molecule has 3 aliphatic rings. The number of aromatic nitrogens is 2. The van der Waals surface area contributed by atoms with E-state index in [9.17, 15) is 4.79 Å². The van der Waals surface area contributed by atoms with Crippen LogP contribution in [0.15, 0.2) is 36.7 Å². The number of rotatable bonds is 8. The van der Waals surface area contributed by atoms with Crippen LogP contribution in [-0.2, 0) is 10.3 Å². The summed E-state index contributed by atoms with van der Waals surface area (Å²) in [4.78, 5) is 26.4. The molecule has 2 bridgehead atoms. The summed E-state index contributed by atoms with van der Waals surface area (Å²) in [5, 5.41) is 3.26. The average molecular weight is 454 g/mol. The summed E-state index contributed by atoms with van der Waals surface area (Å²) in [6, 6.07) is 8.52. The lowest BCUT2D eigenvalue weighted by Crippen LogP contribution is -2.52. The number of benzene rings is 1. The Balaban J connectivity index is 1.37. The summed E-state index contributed by atoms with van der Waals surface area (Å²) in [6.07, 6.45) is 6.31. The van der Waals surface area contributed by atoms with Crippen molar-refractivity contribution in [2.75, 3.05) is 46.5 Å². The number of amides is 2. The molecule has 0 saturated carbocycles. The molecule has 0 aliphatic carbocycles. The largest absolute Gasteiger partial charge is 0.476 e. The first-order chi connectivity index (χ1) is 16.0. The van der Waals surface area contributed by atoms with E-state index >= 15 is 0 Å². The Morgan fingerprint density at radius 2 is 1.82 bits per heavy atom. The quantitative estimate of drug-likeness (QED) is 0.618. The van der Waals surface area contributed by atoms with Crippen LogP contribution in [0, 0.1) is 0 Å². The highest BCUT2D eigenvalue weighted by atomic mass is 16.5. The van der Waals surface area contributed by atoms with Gasteiger partial charge in [0.2, 0.25) is 5.88 Å². The van der Waals surface area contributed by atoms with Crippen molar-refractivity contribution in [3.05, 3.63) is 42.2 Å². The predicted octanol–water partition coefficient (Wildman–Crippen LogP) is 3.28. The number of methoxy groups -OCH3 is 1. The first-order valence-corrected chi connectivity index (χ1v) is 11.8. The van der Waals surface area contributed by atoms with Gasteiger partial charge in [-0.3, -0.25) is 0 Å². The Morgan fingerprint density at radius 1 is 1.06 bits per heavy atom. The summed E-state index contributed by atoms with van der Waals surface area (Å²) >= 11 is 0. The zero-order valence-corrected chi connectivity index (χ0v) is 19.9. The summed E-state index contributed by atoms with van der Waals surface area (Å²) in [7, 11) is 1.67. The van der Waals surface area contributed by atoms with Crippen LogP contribution < -0.4 is 10.1 Å². The molecule has 178 valence electrons. The standard InChI is InChI=1S/C25H35N5O3/c1-25(2,28-24(31)30-14-13-29-11-9-21(30)10-12-29)20-7-5-19(6-8-20)22-17-27-23(18-26-22)33-16-4-15-32-3/h5-8,17-18,21H,4,9-16H2,1-3H3,(H,28,31). The molecule has 4 heterocycles. The fourth-order valence-electron chi connectivity index (χ4n) is 4.54. The molecule has 1 aromatic carbocycles. The molecule has 33 heavy (non-hydrogen) atoms. The van der Waals surface area contributed by atoms with E-state index in [1.54, 1.807) is 19.5 Å². The van der Waals surface area contributed by atoms with Crippen LogP contribution in [0.2, 0.25) is 0 Å². The SMILES string of the molecule is COCCCOc1cnc(-c2ccc(C(C)(C)NC(=O)N3CCN4CCC3CC4)cc2)cn1. The first kappa shape index (κ1) is 23.4. The van der Waals surface area contributed by atoms with Gasteiger partial charge in [0.25, 0.3) is 0 Å². The highest BCUT2D eigenvalue weighted by Gasteiger charge is 2.34. The average Bonchev–Trinajstić information content (AvgIpc) is 3.16. The third-order valence-electron chi connectivity index (χ3n) is 6.61. The van der Waals surface area contributed by atoms with Gasteiger partial charge in [-0.1, -0.05) is 24.3 Å². The Hall–Kier alpha value is -2.71. The molecule has 3 fully saturated rings. The lowest BCUT2D eigenvalue weighted by Gasteiger charge is -2.35. The third kappa shape index (κ3) is 5.81. The minimum Gasteiger partial charge on any atom is -0.476 e. The molecule has 3 saturated heterocycles. The second-order valence-electron chi connectivity index (χ2n) is 9.33. The number of fused-ring (bicyclic) bond motifs is 4. The van der Waals surface area contributed by atoms with Crippen LogP contribution in [0.1, 0.15) is 38.7 Å². The maximum absolute atomic E-state index is 13.1. The van der Waals surface area contributed by atoms with Crippen LogP contribution in [0.3, 0.4) is 0 Å². The number of hydrogen-bond donors (Lipinski definition) is 1. The van der Waals surface area contributed by atoms with Gasteiger partial charge in [-0.2, -0.15) is 0 Å².